The second-order valence-electron chi connectivity index (χ2n) is 7.02. The van der Waals surface area contributed by atoms with Crippen molar-refractivity contribution in [3.05, 3.63) is 24.3 Å². The van der Waals surface area contributed by atoms with Crippen LogP contribution in [0.3, 0.4) is 0 Å². The topological polar surface area (TPSA) is 85.1 Å². The summed E-state index contributed by atoms with van der Waals surface area (Å²) in [5.41, 5.74) is 6.35. The summed E-state index contributed by atoms with van der Waals surface area (Å²) in [6.45, 7) is 3.53. The van der Waals surface area contributed by atoms with E-state index in [2.05, 4.69) is 0 Å². The van der Waals surface area contributed by atoms with Crippen LogP contribution in [-0.2, 0) is 14.3 Å². The molecule has 0 unspecified atom stereocenters. The Morgan fingerprint density at radius 2 is 1.86 bits per heavy atom. The van der Waals surface area contributed by atoms with Crippen molar-refractivity contribution in [2.45, 2.75) is 38.2 Å². The lowest BCUT2D eigenvalue weighted by Crippen LogP contribution is -2.43. The number of anilines is 1. The molecule has 3 rings (SSSR count). The van der Waals surface area contributed by atoms with E-state index in [0.717, 1.165) is 37.9 Å². The summed E-state index contributed by atoms with van der Waals surface area (Å²) >= 11 is 0. The summed E-state index contributed by atoms with van der Waals surface area (Å²) in [7, 11) is 0. The number of piperidine rings is 1. The molecule has 2 aliphatic heterocycles. The first-order valence-corrected chi connectivity index (χ1v) is 9.80. The number of amides is 2. The van der Waals surface area contributed by atoms with Crippen molar-refractivity contribution in [3.63, 3.8) is 0 Å². The van der Waals surface area contributed by atoms with Gasteiger partial charge in [-0.1, -0.05) is 0 Å². The van der Waals surface area contributed by atoms with E-state index < -0.39 is 0 Å². The molecular formula is C20H30ClN3O4. The van der Waals surface area contributed by atoms with E-state index in [1.807, 2.05) is 29.2 Å². The van der Waals surface area contributed by atoms with E-state index in [1.165, 1.54) is 0 Å². The quantitative estimate of drug-likeness (QED) is 0.661. The van der Waals surface area contributed by atoms with Gasteiger partial charge in [0.05, 0.1) is 6.10 Å². The van der Waals surface area contributed by atoms with Crippen LogP contribution in [0.1, 0.15) is 32.1 Å². The normalized spacial score (nSPS) is 17.5. The highest BCUT2D eigenvalue weighted by atomic mass is 35.5. The van der Waals surface area contributed by atoms with Gasteiger partial charge in [0.1, 0.15) is 5.75 Å². The minimum Gasteiger partial charge on any atom is -0.484 e. The maximum absolute atomic E-state index is 12.3. The third kappa shape index (κ3) is 6.09. The van der Waals surface area contributed by atoms with Crippen LogP contribution in [0, 0.1) is 0 Å². The van der Waals surface area contributed by atoms with E-state index in [4.69, 9.17) is 15.2 Å². The molecule has 7 nitrogen and oxygen atoms in total. The molecule has 2 amide bonds. The molecule has 1 aromatic carbocycles. The number of benzene rings is 1. The second-order valence-corrected chi connectivity index (χ2v) is 7.02. The summed E-state index contributed by atoms with van der Waals surface area (Å²) in [6.07, 6.45) is 4.32. The highest BCUT2D eigenvalue weighted by Crippen LogP contribution is 2.24. The Bertz CT molecular complexity index is 633. The highest BCUT2D eigenvalue weighted by Gasteiger charge is 2.24. The van der Waals surface area contributed by atoms with Crippen LogP contribution in [-0.4, -0.2) is 62.2 Å². The lowest BCUT2D eigenvalue weighted by atomic mass is 10.1. The fraction of sp³-hybridized carbons (Fsp3) is 0.600. The third-order valence-electron chi connectivity index (χ3n) is 5.08. The van der Waals surface area contributed by atoms with Crippen LogP contribution in [0.2, 0.25) is 0 Å². The molecule has 0 saturated carbocycles. The van der Waals surface area contributed by atoms with E-state index in [9.17, 15) is 9.59 Å². The van der Waals surface area contributed by atoms with Gasteiger partial charge in [0.15, 0.2) is 6.61 Å². The average Bonchev–Trinajstić information content (AvgIpc) is 3.13. The molecule has 0 aliphatic carbocycles. The maximum Gasteiger partial charge on any atom is 0.260 e. The molecule has 28 heavy (non-hydrogen) atoms. The van der Waals surface area contributed by atoms with Gasteiger partial charge < -0.3 is 25.0 Å². The first-order chi connectivity index (χ1) is 13.2. The van der Waals surface area contributed by atoms with Gasteiger partial charge in [0.2, 0.25) is 5.91 Å². The third-order valence-corrected chi connectivity index (χ3v) is 5.08. The molecule has 2 aliphatic rings. The van der Waals surface area contributed by atoms with Gasteiger partial charge in [-0.2, -0.15) is 0 Å². The number of nitrogens with zero attached hydrogens (tertiary/aromatic N) is 2. The van der Waals surface area contributed by atoms with Crippen molar-refractivity contribution >= 4 is 29.9 Å². The molecule has 2 saturated heterocycles. The van der Waals surface area contributed by atoms with Gasteiger partial charge >= 0.3 is 0 Å². The monoisotopic (exact) mass is 411 g/mol. The predicted octanol–water partition coefficient (Wildman–Crippen LogP) is 1.97. The van der Waals surface area contributed by atoms with Crippen LogP contribution in [0.4, 0.5) is 5.69 Å². The standard InChI is InChI=1S/C20H29N3O4.ClH/c21-10-2-14-26-18-8-12-22(13-9-18)20(25)15-27-17-6-4-16(5-7-17)23-11-1-3-19(23)24;/h4-7,18H,1-3,8-15,21H2;1H. The van der Waals surface area contributed by atoms with E-state index in [1.54, 1.807) is 4.90 Å². The van der Waals surface area contributed by atoms with Crippen LogP contribution in [0.25, 0.3) is 0 Å². The van der Waals surface area contributed by atoms with Gasteiger partial charge in [0, 0.05) is 38.3 Å². The largest absolute Gasteiger partial charge is 0.484 e. The van der Waals surface area contributed by atoms with Crippen molar-refractivity contribution in [3.8, 4) is 5.75 Å². The van der Waals surface area contributed by atoms with Crippen LogP contribution in [0.5, 0.6) is 5.75 Å². The fourth-order valence-electron chi connectivity index (χ4n) is 3.49. The molecular weight excluding hydrogens is 382 g/mol. The zero-order valence-corrected chi connectivity index (χ0v) is 17.0. The van der Waals surface area contributed by atoms with Gasteiger partial charge in [0.25, 0.3) is 5.91 Å². The second kappa shape index (κ2) is 11.2. The Balaban J connectivity index is 0.00000280. The number of rotatable bonds is 8. The molecule has 156 valence electrons. The molecule has 0 spiro atoms. The predicted molar refractivity (Wildman–Crippen MR) is 110 cm³/mol. The fourth-order valence-corrected chi connectivity index (χ4v) is 3.49. The summed E-state index contributed by atoms with van der Waals surface area (Å²) in [5.74, 6) is 0.794. The number of carbonyl (C=O) groups is 2. The Labute approximate surface area is 172 Å². The van der Waals surface area contributed by atoms with Crippen molar-refractivity contribution in [1.82, 2.24) is 4.90 Å². The molecule has 2 N–H and O–H groups in total. The molecule has 0 bridgehead atoms. The molecule has 0 atom stereocenters. The lowest BCUT2D eigenvalue weighted by molar-refractivity contribution is -0.136. The molecule has 0 radical (unpaired) electrons. The summed E-state index contributed by atoms with van der Waals surface area (Å²) in [4.78, 5) is 27.7. The van der Waals surface area contributed by atoms with E-state index in [0.29, 0.717) is 38.4 Å². The first-order valence-electron chi connectivity index (χ1n) is 9.80. The van der Waals surface area contributed by atoms with Gasteiger partial charge in [-0.3, -0.25) is 9.59 Å². The van der Waals surface area contributed by atoms with Crippen LogP contribution >= 0.6 is 12.4 Å². The molecule has 8 heteroatoms. The highest BCUT2D eigenvalue weighted by molar-refractivity contribution is 5.95. The van der Waals surface area contributed by atoms with Crippen LogP contribution < -0.4 is 15.4 Å². The number of hydrogen-bond acceptors (Lipinski definition) is 5. The number of nitrogens with two attached hydrogens (primary N) is 1. The van der Waals surface area contributed by atoms with Gasteiger partial charge in [-0.25, -0.2) is 0 Å². The number of likely N-dealkylation sites (tertiary alicyclic amines) is 1. The minimum absolute atomic E-state index is 0. The Morgan fingerprint density at radius 1 is 1.14 bits per heavy atom. The Kier molecular flexibility index (Phi) is 9.02. The molecule has 0 aromatic heterocycles. The summed E-state index contributed by atoms with van der Waals surface area (Å²) < 4.78 is 11.4. The van der Waals surface area contributed by atoms with Crippen LogP contribution in [0.15, 0.2) is 24.3 Å². The van der Waals surface area contributed by atoms with Crippen molar-refractivity contribution in [2.75, 3.05) is 44.3 Å². The molecule has 1 aromatic rings. The van der Waals surface area contributed by atoms with E-state index in [-0.39, 0.29) is 36.9 Å². The number of carbonyl (C=O) groups excluding carboxylic acids is 2. The smallest absolute Gasteiger partial charge is 0.260 e. The van der Waals surface area contributed by atoms with Crippen molar-refractivity contribution in [1.29, 1.82) is 0 Å². The minimum atomic E-state index is -0.00537. The Hall–Kier alpha value is -1.83. The van der Waals surface area contributed by atoms with Crippen molar-refractivity contribution < 1.29 is 19.1 Å². The lowest BCUT2D eigenvalue weighted by Gasteiger charge is -2.32. The summed E-state index contributed by atoms with van der Waals surface area (Å²) in [5, 5.41) is 0. The van der Waals surface area contributed by atoms with Gasteiger partial charge in [-0.15, -0.1) is 12.4 Å². The molecule has 2 fully saturated rings. The number of hydrogen-bond donors (Lipinski definition) is 1. The number of ether oxygens (including phenoxy) is 2. The van der Waals surface area contributed by atoms with Gasteiger partial charge in [-0.05, 0) is 56.5 Å². The maximum atomic E-state index is 12.3. The zero-order chi connectivity index (χ0) is 19.1. The molecule has 2 heterocycles. The Morgan fingerprint density at radius 3 is 2.46 bits per heavy atom. The van der Waals surface area contributed by atoms with Crippen molar-refractivity contribution in [2.24, 2.45) is 5.73 Å². The average molecular weight is 412 g/mol. The SMILES string of the molecule is Cl.NCCCOC1CCN(C(=O)COc2ccc(N3CCCC3=O)cc2)CC1. The zero-order valence-electron chi connectivity index (χ0n) is 16.2. The summed E-state index contributed by atoms with van der Waals surface area (Å²) in [6, 6.07) is 7.36. The first kappa shape index (κ1) is 22.5. The van der Waals surface area contributed by atoms with E-state index >= 15 is 0 Å². The number of halogens is 1.